The number of nitrogens with zero attached hydrogens (tertiary/aromatic N) is 2. The van der Waals surface area contributed by atoms with Crippen molar-refractivity contribution in [1.29, 1.82) is 0 Å². The van der Waals surface area contributed by atoms with E-state index in [1.165, 1.54) is 4.90 Å². The summed E-state index contributed by atoms with van der Waals surface area (Å²) in [6.45, 7) is 3.29. The van der Waals surface area contributed by atoms with Crippen LogP contribution in [0.25, 0.3) is 0 Å². The normalized spacial score (nSPS) is 18.6. The number of benzene rings is 1. The van der Waals surface area contributed by atoms with Crippen LogP contribution in [0.15, 0.2) is 18.2 Å². The van der Waals surface area contributed by atoms with Crippen LogP contribution < -0.4 is 0 Å². The highest BCUT2D eigenvalue weighted by Crippen LogP contribution is 2.23. The average Bonchev–Trinajstić information content (AvgIpc) is 2.46. The summed E-state index contributed by atoms with van der Waals surface area (Å²) >= 11 is 0. The van der Waals surface area contributed by atoms with Crippen molar-refractivity contribution < 1.29 is 18.8 Å². The first-order valence-electron chi connectivity index (χ1n) is 6.87. The van der Waals surface area contributed by atoms with Gasteiger partial charge in [0.1, 0.15) is 11.4 Å². The number of nitro benzene ring substituents is 1. The van der Waals surface area contributed by atoms with E-state index < -0.39 is 16.6 Å². The lowest BCUT2D eigenvalue weighted by Gasteiger charge is -2.32. The lowest BCUT2D eigenvalue weighted by Crippen LogP contribution is -2.43. The Kier molecular flexibility index (Phi) is 4.85. The molecule has 6 nitrogen and oxygen atoms in total. The Labute approximate surface area is 121 Å². The number of hydrogen-bond donors (Lipinski definition) is 0. The van der Waals surface area contributed by atoms with Crippen LogP contribution in [0.4, 0.5) is 10.1 Å². The predicted octanol–water partition coefficient (Wildman–Crippen LogP) is 2.38. The molecule has 1 aromatic rings. The number of halogens is 1. The second-order valence-electron chi connectivity index (χ2n) is 4.89. The summed E-state index contributed by atoms with van der Waals surface area (Å²) in [5.41, 5.74) is -0.586. The van der Waals surface area contributed by atoms with Crippen LogP contribution in [-0.4, -0.2) is 41.5 Å². The van der Waals surface area contributed by atoms with Crippen molar-refractivity contribution >= 4 is 11.6 Å². The first kappa shape index (κ1) is 15.4. The number of amides is 1. The summed E-state index contributed by atoms with van der Waals surface area (Å²) in [5, 5.41) is 11.0. The molecule has 1 fully saturated rings. The minimum Gasteiger partial charge on any atom is -0.377 e. The van der Waals surface area contributed by atoms with Gasteiger partial charge in [0.25, 0.3) is 11.6 Å². The van der Waals surface area contributed by atoms with Crippen molar-refractivity contribution in [3.05, 3.63) is 39.7 Å². The fourth-order valence-corrected chi connectivity index (χ4v) is 2.50. The number of piperidine rings is 1. The third kappa shape index (κ3) is 3.55. The van der Waals surface area contributed by atoms with E-state index in [4.69, 9.17) is 4.74 Å². The number of ether oxygens (including phenoxy) is 1. The number of nitro groups is 1. The zero-order valence-electron chi connectivity index (χ0n) is 11.8. The molecular formula is C14H17FN2O4. The summed E-state index contributed by atoms with van der Waals surface area (Å²) in [7, 11) is 0. The van der Waals surface area contributed by atoms with Gasteiger partial charge in [-0.3, -0.25) is 14.9 Å². The van der Waals surface area contributed by atoms with E-state index in [2.05, 4.69) is 0 Å². The Hall–Kier alpha value is -2.02. The Morgan fingerprint density at radius 2 is 2.33 bits per heavy atom. The van der Waals surface area contributed by atoms with Gasteiger partial charge in [0.15, 0.2) is 0 Å². The minimum atomic E-state index is -0.670. The molecule has 0 aromatic heterocycles. The summed E-state index contributed by atoms with van der Waals surface area (Å²) in [6.07, 6.45) is 1.54. The van der Waals surface area contributed by atoms with Crippen LogP contribution in [0.1, 0.15) is 30.1 Å². The summed E-state index contributed by atoms with van der Waals surface area (Å²) in [5.74, 6) is -1.19. The molecule has 1 amide bonds. The average molecular weight is 296 g/mol. The molecule has 0 saturated carbocycles. The highest BCUT2D eigenvalue weighted by atomic mass is 19.1. The Balaban J connectivity index is 2.23. The quantitative estimate of drug-likeness (QED) is 0.631. The van der Waals surface area contributed by atoms with Gasteiger partial charge in [0.2, 0.25) is 0 Å². The smallest absolute Gasteiger partial charge is 0.282 e. The van der Waals surface area contributed by atoms with E-state index in [9.17, 15) is 19.3 Å². The van der Waals surface area contributed by atoms with Crippen molar-refractivity contribution in [2.75, 3.05) is 19.7 Å². The number of rotatable bonds is 4. The van der Waals surface area contributed by atoms with Gasteiger partial charge in [0, 0.05) is 25.8 Å². The highest BCUT2D eigenvalue weighted by molar-refractivity contribution is 5.98. The fraction of sp³-hybridized carbons (Fsp3) is 0.500. The number of hydrogen-bond acceptors (Lipinski definition) is 4. The van der Waals surface area contributed by atoms with Crippen molar-refractivity contribution in [2.24, 2.45) is 0 Å². The monoisotopic (exact) mass is 296 g/mol. The standard InChI is InChI=1S/C14H17FN2O4/c1-2-21-11-4-3-7-16(9-11)14(18)12-8-10(15)5-6-13(12)17(19)20/h5-6,8,11H,2-4,7,9H2,1H3. The lowest BCUT2D eigenvalue weighted by atomic mass is 10.1. The largest absolute Gasteiger partial charge is 0.377 e. The van der Waals surface area contributed by atoms with Crippen molar-refractivity contribution in [3.63, 3.8) is 0 Å². The van der Waals surface area contributed by atoms with Crippen molar-refractivity contribution in [1.82, 2.24) is 4.90 Å². The maximum Gasteiger partial charge on any atom is 0.282 e. The van der Waals surface area contributed by atoms with E-state index >= 15 is 0 Å². The SMILES string of the molecule is CCOC1CCCN(C(=O)c2cc(F)ccc2[N+](=O)[O-])C1. The van der Waals surface area contributed by atoms with E-state index in [0.717, 1.165) is 31.0 Å². The number of carbonyl (C=O) groups is 1. The van der Waals surface area contributed by atoms with Gasteiger partial charge >= 0.3 is 0 Å². The third-order valence-electron chi connectivity index (χ3n) is 3.45. The van der Waals surface area contributed by atoms with Gasteiger partial charge in [-0.05, 0) is 31.9 Å². The summed E-state index contributed by atoms with van der Waals surface area (Å²) < 4.78 is 18.8. The van der Waals surface area contributed by atoms with E-state index in [1.54, 1.807) is 0 Å². The molecular weight excluding hydrogens is 279 g/mol. The predicted molar refractivity (Wildman–Crippen MR) is 73.6 cm³/mol. The first-order valence-corrected chi connectivity index (χ1v) is 6.87. The summed E-state index contributed by atoms with van der Waals surface area (Å²) in [6, 6.07) is 2.92. The van der Waals surface area contributed by atoms with Crippen molar-refractivity contribution in [3.8, 4) is 0 Å². The molecule has 1 atom stereocenters. The molecule has 114 valence electrons. The third-order valence-corrected chi connectivity index (χ3v) is 3.45. The minimum absolute atomic E-state index is 0.0692. The van der Waals surface area contributed by atoms with Crippen LogP contribution in [0.5, 0.6) is 0 Å². The van der Waals surface area contributed by atoms with Gasteiger partial charge in [-0.1, -0.05) is 0 Å². The molecule has 1 unspecified atom stereocenters. The molecule has 0 aliphatic carbocycles. The zero-order chi connectivity index (χ0) is 15.4. The molecule has 0 N–H and O–H groups in total. The molecule has 0 bridgehead atoms. The molecule has 1 saturated heterocycles. The second kappa shape index (κ2) is 6.62. The van der Waals surface area contributed by atoms with Crippen LogP contribution in [0.2, 0.25) is 0 Å². The molecule has 1 heterocycles. The van der Waals surface area contributed by atoms with E-state index in [-0.39, 0.29) is 17.4 Å². The number of likely N-dealkylation sites (tertiary alicyclic amines) is 1. The van der Waals surface area contributed by atoms with Crippen LogP contribution in [-0.2, 0) is 4.74 Å². The molecule has 1 aromatic carbocycles. The van der Waals surface area contributed by atoms with Crippen molar-refractivity contribution in [2.45, 2.75) is 25.9 Å². The van der Waals surface area contributed by atoms with Gasteiger partial charge < -0.3 is 9.64 Å². The molecule has 1 aliphatic heterocycles. The Morgan fingerprint density at radius 1 is 1.57 bits per heavy atom. The Bertz CT molecular complexity index is 548. The summed E-state index contributed by atoms with van der Waals surface area (Å²) in [4.78, 5) is 24.2. The maximum atomic E-state index is 13.3. The first-order chi connectivity index (χ1) is 10.0. The van der Waals surface area contributed by atoms with Crippen LogP contribution >= 0.6 is 0 Å². The molecule has 2 rings (SSSR count). The van der Waals surface area contributed by atoms with Gasteiger partial charge in [0.05, 0.1) is 11.0 Å². The topological polar surface area (TPSA) is 72.7 Å². The van der Waals surface area contributed by atoms with Crippen LogP contribution in [0, 0.1) is 15.9 Å². The van der Waals surface area contributed by atoms with Gasteiger partial charge in [-0.25, -0.2) is 4.39 Å². The number of carbonyl (C=O) groups excluding carboxylic acids is 1. The van der Waals surface area contributed by atoms with E-state index in [1.807, 2.05) is 6.92 Å². The van der Waals surface area contributed by atoms with Crippen LogP contribution in [0.3, 0.4) is 0 Å². The maximum absolute atomic E-state index is 13.3. The van der Waals surface area contributed by atoms with Gasteiger partial charge in [-0.15, -0.1) is 0 Å². The molecule has 0 radical (unpaired) electrons. The van der Waals surface area contributed by atoms with Gasteiger partial charge in [-0.2, -0.15) is 0 Å². The molecule has 21 heavy (non-hydrogen) atoms. The molecule has 1 aliphatic rings. The lowest BCUT2D eigenvalue weighted by molar-refractivity contribution is -0.385. The zero-order valence-corrected chi connectivity index (χ0v) is 11.8. The highest BCUT2D eigenvalue weighted by Gasteiger charge is 2.29. The molecule has 7 heteroatoms. The molecule has 0 spiro atoms. The Morgan fingerprint density at radius 3 is 3.00 bits per heavy atom. The second-order valence-corrected chi connectivity index (χ2v) is 4.89. The fourth-order valence-electron chi connectivity index (χ4n) is 2.50. The van der Waals surface area contributed by atoms with E-state index in [0.29, 0.717) is 19.7 Å².